The Morgan fingerprint density at radius 3 is 2.39 bits per heavy atom. The SMILES string of the molecule is Cc1cc(N2CC[C@H](N3CCC[C@@H]3C)C2)ccc1N1CCC2(CCN(C(=O)OC(C)(C)C)CC2)C1=O. The van der Waals surface area contributed by atoms with Gasteiger partial charge in [0.1, 0.15) is 5.60 Å². The van der Waals surface area contributed by atoms with Crippen LogP contribution in [0.5, 0.6) is 0 Å². The van der Waals surface area contributed by atoms with Crippen LogP contribution in [-0.2, 0) is 9.53 Å². The molecule has 5 rings (SSSR count). The van der Waals surface area contributed by atoms with E-state index in [4.69, 9.17) is 4.74 Å². The van der Waals surface area contributed by atoms with E-state index in [1.165, 1.54) is 37.1 Å². The summed E-state index contributed by atoms with van der Waals surface area (Å²) < 4.78 is 5.54. The molecule has 1 aromatic carbocycles. The third kappa shape index (κ3) is 4.83. The molecule has 36 heavy (non-hydrogen) atoms. The summed E-state index contributed by atoms with van der Waals surface area (Å²) >= 11 is 0. The number of amides is 2. The van der Waals surface area contributed by atoms with Crippen molar-refractivity contribution in [2.75, 3.05) is 49.1 Å². The Morgan fingerprint density at radius 2 is 1.75 bits per heavy atom. The van der Waals surface area contributed by atoms with Crippen LogP contribution >= 0.6 is 0 Å². The Morgan fingerprint density at radius 1 is 1.03 bits per heavy atom. The molecule has 7 nitrogen and oxygen atoms in total. The normalized spacial score (nSPS) is 26.9. The zero-order chi connectivity index (χ0) is 25.7. The van der Waals surface area contributed by atoms with Crippen LogP contribution in [0.4, 0.5) is 16.2 Å². The van der Waals surface area contributed by atoms with Crippen LogP contribution in [0.1, 0.15) is 71.8 Å². The van der Waals surface area contributed by atoms with Crippen molar-refractivity contribution in [1.29, 1.82) is 0 Å². The minimum atomic E-state index is -0.502. The van der Waals surface area contributed by atoms with Gasteiger partial charge in [-0.3, -0.25) is 9.69 Å². The first-order valence-electron chi connectivity index (χ1n) is 14.0. The number of hydrogen-bond donors (Lipinski definition) is 0. The molecular weight excluding hydrogens is 452 g/mol. The maximum atomic E-state index is 13.7. The molecule has 2 amide bonds. The number of ether oxygens (including phenoxy) is 1. The summed E-state index contributed by atoms with van der Waals surface area (Å²) in [6, 6.07) is 8.01. The van der Waals surface area contributed by atoms with E-state index in [9.17, 15) is 9.59 Å². The number of benzene rings is 1. The second-order valence-corrected chi connectivity index (χ2v) is 12.5. The first-order valence-corrected chi connectivity index (χ1v) is 14.0. The van der Waals surface area contributed by atoms with Gasteiger partial charge in [-0.2, -0.15) is 0 Å². The average Bonchev–Trinajstić information content (AvgIpc) is 3.54. The van der Waals surface area contributed by atoms with E-state index in [0.29, 0.717) is 38.0 Å². The number of piperidine rings is 1. The average molecular weight is 497 g/mol. The highest BCUT2D eigenvalue weighted by atomic mass is 16.6. The smallest absolute Gasteiger partial charge is 0.410 e. The third-order valence-corrected chi connectivity index (χ3v) is 8.96. The summed E-state index contributed by atoms with van der Waals surface area (Å²) in [6.07, 6.45) is 5.90. The highest BCUT2D eigenvalue weighted by Crippen LogP contribution is 2.44. The van der Waals surface area contributed by atoms with Crippen LogP contribution in [0.2, 0.25) is 0 Å². The fourth-order valence-electron chi connectivity index (χ4n) is 6.84. The van der Waals surface area contributed by atoms with Crippen LogP contribution in [0.3, 0.4) is 0 Å². The van der Waals surface area contributed by atoms with Gasteiger partial charge in [-0.1, -0.05) is 0 Å². The van der Waals surface area contributed by atoms with Crippen LogP contribution in [0.15, 0.2) is 18.2 Å². The highest BCUT2D eigenvalue weighted by molar-refractivity contribution is 6.00. The van der Waals surface area contributed by atoms with Gasteiger partial charge in [0.2, 0.25) is 5.91 Å². The maximum absolute atomic E-state index is 13.7. The molecular formula is C29H44N4O3. The van der Waals surface area contributed by atoms with Gasteiger partial charge in [0.05, 0.1) is 5.41 Å². The monoisotopic (exact) mass is 496 g/mol. The van der Waals surface area contributed by atoms with Gasteiger partial charge in [-0.15, -0.1) is 0 Å². The molecule has 4 heterocycles. The summed E-state index contributed by atoms with van der Waals surface area (Å²) in [5.74, 6) is 0.228. The summed E-state index contributed by atoms with van der Waals surface area (Å²) in [4.78, 5) is 35.1. The topological polar surface area (TPSA) is 56.3 Å². The summed E-state index contributed by atoms with van der Waals surface area (Å²) in [7, 11) is 0. The van der Waals surface area contributed by atoms with Crippen molar-refractivity contribution in [3.05, 3.63) is 23.8 Å². The predicted octanol–water partition coefficient (Wildman–Crippen LogP) is 4.81. The largest absolute Gasteiger partial charge is 0.444 e. The zero-order valence-electron chi connectivity index (χ0n) is 22.9. The van der Waals surface area contributed by atoms with Gasteiger partial charge < -0.3 is 19.4 Å². The van der Waals surface area contributed by atoms with Gasteiger partial charge in [0.25, 0.3) is 0 Å². The first kappa shape index (κ1) is 25.4. The quantitative estimate of drug-likeness (QED) is 0.601. The number of nitrogens with zero attached hydrogens (tertiary/aromatic N) is 4. The number of carbonyl (C=O) groups excluding carboxylic acids is 2. The van der Waals surface area contributed by atoms with E-state index in [2.05, 4.69) is 41.8 Å². The van der Waals surface area contributed by atoms with Gasteiger partial charge in [0, 0.05) is 56.2 Å². The molecule has 0 saturated carbocycles. The van der Waals surface area contributed by atoms with E-state index in [-0.39, 0.29) is 17.4 Å². The fourth-order valence-corrected chi connectivity index (χ4v) is 6.84. The molecule has 4 aliphatic heterocycles. The Balaban J connectivity index is 1.21. The standard InChI is InChI=1S/C29H44N4O3/c1-21-19-23(31-15-10-24(20-31)32-14-6-7-22(32)2)8-9-25(21)33-18-13-29(26(33)34)11-16-30(17-12-29)27(35)36-28(3,4)5/h8-9,19,22,24H,6-7,10-18,20H2,1-5H3/t22-,24-/m0/s1. The van der Waals surface area contributed by atoms with Crippen LogP contribution in [0, 0.1) is 12.3 Å². The van der Waals surface area contributed by atoms with Crippen molar-refractivity contribution in [2.24, 2.45) is 5.41 Å². The first-order chi connectivity index (χ1) is 17.1. The van der Waals surface area contributed by atoms with Crippen LogP contribution in [0.25, 0.3) is 0 Å². The Hall–Kier alpha value is -2.28. The molecule has 1 aromatic rings. The van der Waals surface area contributed by atoms with Crippen LogP contribution in [-0.4, -0.2) is 78.8 Å². The lowest BCUT2D eigenvalue weighted by molar-refractivity contribution is -0.128. The van der Waals surface area contributed by atoms with E-state index < -0.39 is 5.60 Å². The van der Waals surface area contributed by atoms with Crippen LogP contribution < -0.4 is 9.80 Å². The molecule has 0 bridgehead atoms. The van der Waals surface area contributed by atoms with E-state index >= 15 is 0 Å². The molecule has 0 aromatic heterocycles. The molecule has 4 saturated heterocycles. The van der Waals surface area contributed by atoms with Gasteiger partial charge in [-0.25, -0.2) is 4.79 Å². The third-order valence-electron chi connectivity index (χ3n) is 8.96. The number of aryl methyl sites for hydroxylation is 1. The second kappa shape index (κ2) is 9.55. The van der Waals surface area contributed by atoms with E-state index in [1.807, 2.05) is 25.7 Å². The molecule has 4 fully saturated rings. The van der Waals surface area contributed by atoms with E-state index in [1.54, 1.807) is 4.90 Å². The fraction of sp³-hybridized carbons (Fsp3) is 0.724. The lowest BCUT2D eigenvalue weighted by Crippen LogP contribution is -2.48. The molecule has 4 aliphatic rings. The predicted molar refractivity (Wildman–Crippen MR) is 144 cm³/mol. The highest BCUT2D eigenvalue weighted by Gasteiger charge is 2.49. The molecule has 0 radical (unpaired) electrons. The Bertz CT molecular complexity index is 995. The zero-order valence-corrected chi connectivity index (χ0v) is 22.9. The van der Waals surface area contributed by atoms with Crippen molar-refractivity contribution in [2.45, 2.75) is 90.8 Å². The Labute approximate surface area is 216 Å². The van der Waals surface area contributed by atoms with Crippen molar-refractivity contribution < 1.29 is 14.3 Å². The Kier molecular flexibility index (Phi) is 6.73. The number of hydrogen-bond acceptors (Lipinski definition) is 5. The second-order valence-electron chi connectivity index (χ2n) is 12.5. The van der Waals surface area contributed by atoms with Gasteiger partial charge in [0.15, 0.2) is 0 Å². The molecule has 1 spiro atoms. The van der Waals surface area contributed by atoms with Crippen molar-refractivity contribution >= 4 is 23.4 Å². The van der Waals surface area contributed by atoms with Gasteiger partial charge >= 0.3 is 6.09 Å². The maximum Gasteiger partial charge on any atom is 0.410 e. The summed E-state index contributed by atoms with van der Waals surface area (Å²) in [5.41, 5.74) is 2.63. The van der Waals surface area contributed by atoms with Crippen molar-refractivity contribution in [3.8, 4) is 0 Å². The lowest BCUT2D eigenvalue weighted by Gasteiger charge is -2.38. The number of rotatable bonds is 3. The number of likely N-dealkylation sites (tertiary alicyclic amines) is 2. The van der Waals surface area contributed by atoms with Gasteiger partial charge in [-0.05, 0) is 103 Å². The summed E-state index contributed by atoms with van der Waals surface area (Å²) in [6.45, 7) is 15.5. The lowest BCUT2D eigenvalue weighted by atomic mass is 9.77. The minimum Gasteiger partial charge on any atom is -0.444 e. The minimum absolute atomic E-state index is 0.228. The molecule has 0 unspecified atom stereocenters. The molecule has 198 valence electrons. The molecule has 2 atom stereocenters. The van der Waals surface area contributed by atoms with Crippen molar-refractivity contribution in [1.82, 2.24) is 9.80 Å². The number of anilines is 2. The molecule has 0 aliphatic carbocycles. The van der Waals surface area contributed by atoms with Crippen molar-refractivity contribution in [3.63, 3.8) is 0 Å². The summed E-state index contributed by atoms with van der Waals surface area (Å²) in [5, 5.41) is 0. The molecule has 0 N–H and O–H groups in total. The number of carbonyl (C=O) groups is 2. The molecule has 7 heteroatoms. The van der Waals surface area contributed by atoms with E-state index in [0.717, 1.165) is 31.7 Å².